The third kappa shape index (κ3) is 4.28. The topological polar surface area (TPSA) is 58.2 Å². The molecule has 0 saturated carbocycles. The highest BCUT2D eigenvalue weighted by Gasteiger charge is 2.18. The Hall–Kier alpha value is -2.43. The maximum absolute atomic E-state index is 13.4. The van der Waals surface area contributed by atoms with Crippen molar-refractivity contribution in [3.8, 4) is 0 Å². The van der Waals surface area contributed by atoms with E-state index in [1.54, 1.807) is 0 Å². The van der Waals surface area contributed by atoms with Gasteiger partial charge in [0.15, 0.2) is 0 Å². The number of halogens is 1. The second-order valence-corrected chi connectivity index (χ2v) is 5.19. The Bertz CT molecular complexity index is 611. The number of rotatable bonds is 5. The molecule has 1 aromatic rings. The fourth-order valence-corrected chi connectivity index (χ4v) is 2.37. The van der Waals surface area contributed by atoms with Crippen molar-refractivity contribution in [1.82, 2.24) is 5.32 Å². The smallest absolute Gasteiger partial charge is 0.247 e. The average molecular weight is 302 g/mol. The summed E-state index contributed by atoms with van der Waals surface area (Å²) in [5.41, 5.74) is 0.991. The number of hydrogen-bond donors (Lipinski definition) is 2. The minimum absolute atomic E-state index is 0.0372. The Morgan fingerprint density at radius 3 is 2.86 bits per heavy atom. The van der Waals surface area contributed by atoms with Crippen molar-refractivity contribution in [2.45, 2.75) is 25.8 Å². The summed E-state index contributed by atoms with van der Waals surface area (Å²) >= 11 is 0. The van der Waals surface area contributed by atoms with E-state index in [1.807, 2.05) is 6.08 Å². The van der Waals surface area contributed by atoms with Crippen molar-refractivity contribution >= 4 is 17.5 Å². The first-order chi connectivity index (χ1) is 10.6. The molecule has 5 heteroatoms. The lowest BCUT2D eigenvalue weighted by Crippen LogP contribution is -2.31. The molecule has 0 bridgehead atoms. The van der Waals surface area contributed by atoms with Crippen LogP contribution < -0.4 is 10.6 Å². The SMILES string of the molecule is C=CC(=O)Nc1ccc(F)cc1CNC(=O)[C@H]1CC=CCC1. The Morgan fingerprint density at radius 2 is 2.18 bits per heavy atom. The third-order valence-corrected chi connectivity index (χ3v) is 3.60. The zero-order valence-electron chi connectivity index (χ0n) is 12.3. The fraction of sp³-hybridized carbons (Fsp3) is 0.294. The van der Waals surface area contributed by atoms with Gasteiger partial charge in [-0.1, -0.05) is 18.7 Å². The predicted molar refractivity (Wildman–Crippen MR) is 83.6 cm³/mol. The monoisotopic (exact) mass is 302 g/mol. The van der Waals surface area contributed by atoms with E-state index in [0.29, 0.717) is 11.3 Å². The van der Waals surface area contributed by atoms with Gasteiger partial charge in [0.05, 0.1) is 0 Å². The van der Waals surface area contributed by atoms with Crippen molar-refractivity contribution in [3.63, 3.8) is 0 Å². The molecule has 1 aliphatic rings. The van der Waals surface area contributed by atoms with Gasteiger partial charge in [0.25, 0.3) is 0 Å². The summed E-state index contributed by atoms with van der Waals surface area (Å²) in [6, 6.07) is 4.04. The summed E-state index contributed by atoms with van der Waals surface area (Å²) in [6.07, 6.45) is 7.67. The van der Waals surface area contributed by atoms with Crippen LogP contribution in [0.1, 0.15) is 24.8 Å². The highest BCUT2D eigenvalue weighted by molar-refractivity contribution is 5.99. The van der Waals surface area contributed by atoms with Crippen LogP contribution in [0.4, 0.5) is 10.1 Å². The van der Waals surface area contributed by atoms with Crippen LogP contribution in [0.3, 0.4) is 0 Å². The van der Waals surface area contributed by atoms with E-state index in [2.05, 4.69) is 23.3 Å². The van der Waals surface area contributed by atoms with Gasteiger partial charge in [0.2, 0.25) is 11.8 Å². The summed E-state index contributed by atoms with van der Waals surface area (Å²) < 4.78 is 13.4. The first kappa shape index (κ1) is 15.9. The van der Waals surface area contributed by atoms with Gasteiger partial charge in [-0.15, -0.1) is 0 Å². The first-order valence-corrected chi connectivity index (χ1v) is 7.24. The van der Waals surface area contributed by atoms with Gasteiger partial charge in [-0.25, -0.2) is 4.39 Å². The van der Waals surface area contributed by atoms with E-state index in [-0.39, 0.29) is 24.3 Å². The highest BCUT2D eigenvalue weighted by atomic mass is 19.1. The number of amides is 2. The standard InChI is InChI=1S/C17H19FN2O2/c1-2-16(21)20-15-9-8-14(18)10-13(15)11-19-17(22)12-6-4-3-5-7-12/h2-4,8-10,12H,1,5-7,11H2,(H,19,22)(H,20,21)/t12-/m0/s1. The lowest BCUT2D eigenvalue weighted by atomic mass is 9.93. The van der Waals surface area contributed by atoms with E-state index in [9.17, 15) is 14.0 Å². The number of anilines is 1. The molecule has 2 rings (SSSR count). The Labute approximate surface area is 129 Å². The highest BCUT2D eigenvalue weighted by Crippen LogP contribution is 2.20. The van der Waals surface area contributed by atoms with Crippen LogP contribution in [0, 0.1) is 11.7 Å². The molecular formula is C17H19FN2O2. The Morgan fingerprint density at radius 1 is 1.36 bits per heavy atom. The molecule has 0 saturated heterocycles. The third-order valence-electron chi connectivity index (χ3n) is 3.60. The molecule has 0 fully saturated rings. The molecular weight excluding hydrogens is 283 g/mol. The van der Waals surface area contributed by atoms with E-state index in [4.69, 9.17) is 0 Å². The van der Waals surface area contributed by atoms with Crippen LogP contribution in [-0.2, 0) is 16.1 Å². The summed E-state index contributed by atoms with van der Waals surface area (Å²) in [4.78, 5) is 23.5. The molecule has 0 aliphatic heterocycles. The van der Waals surface area contributed by atoms with Gasteiger partial charge < -0.3 is 10.6 Å². The van der Waals surface area contributed by atoms with Crippen molar-refractivity contribution in [1.29, 1.82) is 0 Å². The van der Waals surface area contributed by atoms with Gasteiger partial charge >= 0.3 is 0 Å². The number of allylic oxidation sites excluding steroid dienone is 2. The van der Waals surface area contributed by atoms with Crippen LogP contribution in [0.2, 0.25) is 0 Å². The molecule has 1 atom stereocenters. The molecule has 4 nitrogen and oxygen atoms in total. The lowest BCUT2D eigenvalue weighted by molar-refractivity contribution is -0.125. The van der Waals surface area contributed by atoms with Gasteiger partial charge in [-0.3, -0.25) is 9.59 Å². The molecule has 0 heterocycles. The number of carbonyl (C=O) groups is 2. The van der Waals surface area contributed by atoms with E-state index in [1.165, 1.54) is 18.2 Å². The number of benzene rings is 1. The number of nitrogens with one attached hydrogen (secondary N) is 2. The average Bonchev–Trinajstić information content (AvgIpc) is 2.55. The van der Waals surface area contributed by atoms with Gasteiger partial charge in [-0.05, 0) is 49.1 Å². The maximum Gasteiger partial charge on any atom is 0.247 e. The molecule has 0 radical (unpaired) electrons. The molecule has 22 heavy (non-hydrogen) atoms. The summed E-state index contributed by atoms with van der Waals surface area (Å²) in [7, 11) is 0. The van der Waals surface area contributed by atoms with Crippen molar-refractivity contribution in [2.24, 2.45) is 5.92 Å². The first-order valence-electron chi connectivity index (χ1n) is 7.24. The molecule has 0 aromatic heterocycles. The van der Waals surface area contributed by atoms with E-state index in [0.717, 1.165) is 25.3 Å². The quantitative estimate of drug-likeness (QED) is 0.649. The molecule has 0 unspecified atom stereocenters. The van der Waals surface area contributed by atoms with Crippen LogP contribution in [0.5, 0.6) is 0 Å². The Balaban J connectivity index is 2.03. The molecule has 0 spiro atoms. The molecule has 2 amide bonds. The second-order valence-electron chi connectivity index (χ2n) is 5.19. The summed E-state index contributed by atoms with van der Waals surface area (Å²) in [6.45, 7) is 3.55. The normalized spacial score (nSPS) is 16.9. The van der Waals surface area contributed by atoms with Crippen LogP contribution in [0.15, 0.2) is 43.0 Å². The van der Waals surface area contributed by atoms with Crippen LogP contribution in [0.25, 0.3) is 0 Å². The predicted octanol–water partition coefficient (Wildman–Crippen LogP) is 2.92. The fourth-order valence-electron chi connectivity index (χ4n) is 2.37. The molecule has 1 aliphatic carbocycles. The van der Waals surface area contributed by atoms with Crippen molar-refractivity contribution < 1.29 is 14.0 Å². The van der Waals surface area contributed by atoms with Crippen LogP contribution >= 0.6 is 0 Å². The minimum Gasteiger partial charge on any atom is -0.352 e. The van der Waals surface area contributed by atoms with Gasteiger partial charge in [-0.2, -0.15) is 0 Å². The largest absolute Gasteiger partial charge is 0.352 e. The zero-order valence-corrected chi connectivity index (χ0v) is 12.3. The van der Waals surface area contributed by atoms with Gasteiger partial charge in [0, 0.05) is 18.2 Å². The summed E-state index contributed by atoms with van der Waals surface area (Å²) in [5, 5.41) is 5.42. The number of carbonyl (C=O) groups excluding carboxylic acids is 2. The minimum atomic E-state index is -0.415. The van der Waals surface area contributed by atoms with E-state index >= 15 is 0 Å². The van der Waals surface area contributed by atoms with Crippen molar-refractivity contribution in [3.05, 3.63) is 54.4 Å². The zero-order chi connectivity index (χ0) is 15.9. The van der Waals surface area contributed by atoms with Gasteiger partial charge in [0.1, 0.15) is 5.82 Å². The Kier molecular flexibility index (Phi) is 5.47. The second kappa shape index (κ2) is 7.54. The molecule has 2 N–H and O–H groups in total. The van der Waals surface area contributed by atoms with Crippen LogP contribution in [-0.4, -0.2) is 11.8 Å². The summed E-state index contributed by atoms with van der Waals surface area (Å²) in [5.74, 6) is -0.877. The maximum atomic E-state index is 13.4. The number of hydrogen-bond acceptors (Lipinski definition) is 2. The lowest BCUT2D eigenvalue weighted by Gasteiger charge is -2.18. The van der Waals surface area contributed by atoms with E-state index < -0.39 is 5.82 Å². The molecule has 116 valence electrons. The molecule has 1 aromatic carbocycles. The van der Waals surface area contributed by atoms with Crippen molar-refractivity contribution in [2.75, 3.05) is 5.32 Å².